The van der Waals surface area contributed by atoms with Crippen LogP contribution in [0.15, 0.2) is 11.5 Å². The van der Waals surface area contributed by atoms with Gasteiger partial charge in [-0.25, -0.2) is 0 Å². The van der Waals surface area contributed by atoms with Gasteiger partial charge in [-0.1, -0.05) is 11.8 Å². The Morgan fingerprint density at radius 1 is 1.67 bits per heavy atom. The van der Waals surface area contributed by atoms with Gasteiger partial charge < -0.3 is 19.7 Å². The van der Waals surface area contributed by atoms with Gasteiger partial charge in [0.05, 0.1) is 11.9 Å². The zero-order valence-corrected chi connectivity index (χ0v) is 12.8. The minimum atomic E-state index is -0.950. The number of carbonyl (C=O) groups is 1. The van der Waals surface area contributed by atoms with Crippen molar-refractivity contribution in [1.29, 1.82) is 0 Å². The fraction of sp³-hybridized carbons (Fsp3) is 0.769. The molecule has 1 saturated carbocycles. The third kappa shape index (κ3) is 3.38. The fourth-order valence-corrected chi connectivity index (χ4v) is 3.19. The number of amides is 1. The van der Waals surface area contributed by atoms with E-state index in [4.69, 9.17) is 4.74 Å². The average molecular weight is 312 g/mol. The van der Waals surface area contributed by atoms with Gasteiger partial charge in [-0.15, -0.1) is 10.2 Å². The van der Waals surface area contributed by atoms with Crippen molar-refractivity contribution in [2.75, 3.05) is 18.9 Å². The van der Waals surface area contributed by atoms with Crippen LogP contribution in [0.1, 0.15) is 32.2 Å². The minimum Gasteiger partial charge on any atom is -0.385 e. The molecule has 1 aromatic rings. The lowest BCUT2D eigenvalue weighted by molar-refractivity contribution is -0.120. The van der Waals surface area contributed by atoms with Crippen LogP contribution in [0.5, 0.6) is 0 Å². The molecule has 3 rings (SSSR count). The maximum atomic E-state index is 11.9. The number of hydrogen-bond donors (Lipinski definition) is 2. The zero-order chi connectivity index (χ0) is 14.9. The van der Waals surface area contributed by atoms with E-state index in [-0.39, 0.29) is 24.3 Å². The van der Waals surface area contributed by atoms with Gasteiger partial charge in [-0.05, 0) is 19.8 Å². The number of nitrogens with zero attached hydrogens (tertiary/aromatic N) is 3. The summed E-state index contributed by atoms with van der Waals surface area (Å²) in [6.07, 6.45) is 4.34. The van der Waals surface area contributed by atoms with Crippen molar-refractivity contribution in [2.45, 2.75) is 49.1 Å². The summed E-state index contributed by atoms with van der Waals surface area (Å²) in [5, 5.41) is 21.8. The Kier molecular flexibility index (Phi) is 4.19. The Bertz CT molecular complexity index is 519. The highest BCUT2D eigenvalue weighted by molar-refractivity contribution is 7.99. The summed E-state index contributed by atoms with van der Waals surface area (Å²) in [4.78, 5) is 11.9. The SMILES string of the molecule is CC1OCCC1(O)CNC(=O)CSc1nncn1C1CC1. The first kappa shape index (κ1) is 14.8. The van der Waals surface area contributed by atoms with E-state index in [9.17, 15) is 9.90 Å². The van der Waals surface area contributed by atoms with Crippen molar-refractivity contribution in [3.63, 3.8) is 0 Å². The Labute approximate surface area is 127 Å². The lowest BCUT2D eigenvalue weighted by Gasteiger charge is -2.26. The second-order valence-corrected chi connectivity index (χ2v) is 6.63. The molecule has 1 saturated heterocycles. The van der Waals surface area contributed by atoms with Crippen LogP contribution in [0.2, 0.25) is 0 Å². The number of hydrogen-bond acceptors (Lipinski definition) is 6. The van der Waals surface area contributed by atoms with E-state index in [0.717, 1.165) is 18.0 Å². The topological polar surface area (TPSA) is 89.3 Å². The number of rotatable bonds is 6. The molecule has 1 amide bonds. The highest BCUT2D eigenvalue weighted by Crippen LogP contribution is 2.37. The summed E-state index contributed by atoms with van der Waals surface area (Å²) < 4.78 is 7.37. The molecule has 0 aromatic carbocycles. The van der Waals surface area contributed by atoms with Crippen LogP contribution in [-0.4, -0.2) is 56.4 Å². The van der Waals surface area contributed by atoms with E-state index in [1.807, 2.05) is 11.5 Å². The summed E-state index contributed by atoms with van der Waals surface area (Å²) in [6.45, 7) is 2.58. The summed E-state index contributed by atoms with van der Waals surface area (Å²) in [5.41, 5.74) is -0.950. The van der Waals surface area contributed by atoms with Gasteiger partial charge in [0.15, 0.2) is 5.16 Å². The molecular weight excluding hydrogens is 292 g/mol. The Balaban J connectivity index is 1.45. The second-order valence-electron chi connectivity index (χ2n) is 5.68. The monoisotopic (exact) mass is 312 g/mol. The largest absolute Gasteiger partial charge is 0.385 e. The molecule has 1 aliphatic heterocycles. The van der Waals surface area contributed by atoms with Crippen molar-refractivity contribution >= 4 is 17.7 Å². The minimum absolute atomic E-state index is 0.113. The summed E-state index contributed by atoms with van der Waals surface area (Å²) in [7, 11) is 0. The molecule has 0 bridgehead atoms. The van der Waals surface area contributed by atoms with E-state index >= 15 is 0 Å². The van der Waals surface area contributed by atoms with Crippen molar-refractivity contribution in [3.05, 3.63) is 6.33 Å². The smallest absolute Gasteiger partial charge is 0.230 e. The molecule has 1 aliphatic carbocycles. The second kappa shape index (κ2) is 5.94. The third-order valence-corrected chi connectivity index (χ3v) is 5.02. The highest BCUT2D eigenvalue weighted by atomic mass is 32.2. The quantitative estimate of drug-likeness (QED) is 0.737. The number of aliphatic hydroxyl groups is 1. The molecule has 2 unspecified atom stereocenters. The van der Waals surface area contributed by atoms with E-state index in [0.29, 0.717) is 19.1 Å². The molecule has 0 spiro atoms. The maximum absolute atomic E-state index is 11.9. The number of ether oxygens (including phenoxy) is 1. The molecule has 2 heterocycles. The van der Waals surface area contributed by atoms with Crippen LogP contribution in [0.4, 0.5) is 0 Å². The van der Waals surface area contributed by atoms with Gasteiger partial charge in [0, 0.05) is 25.6 Å². The zero-order valence-electron chi connectivity index (χ0n) is 12.0. The van der Waals surface area contributed by atoms with Gasteiger partial charge in [-0.2, -0.15) is 0 Å². The van der Waals surface area contributed by atoms with E-state index in [1.165, 1.54) is 11.8 Å². The van der Waals surface area contributed by atoms with Crippen LogP contribution >= 0.6 is 11.8 Å². The molecule has 116 valence electrons. The highest BCUT2D eigenvalue weighted by Gasteiger charge is 2.39. The average Bonchev–Trinajstić information content (AvgIpc) is 3.11. The number of aromatic nitrogens is 3. The molecule has 2 fully saturated rings. The standard InChI is InChI=1S/C13H20N4O3S/c1-9-13(19,4-5-20-9)7-14-11(18)6-21-12-16-15-8-17(12)10-2-3-10/h8-10,19H,2-7H2,1H3,(H,14,18). The van der Waals surface area contributed by atoms with Gasteiger partial charge in [-0.3, -0.25) is 4.79 Å². The molecule has 7 nitrogen and oxygen atoms in total. The Hall–Kier alpha value is -1.12. The van der Waals surface area contributed by atoms with Gasteiger partial charge in [0.25, 0.3) is 0 Å². The third-order valence-electron chi connectivity index (χ3n) is 4.06. The van der Waals surface area contributed by atoms with Crippen LogP contribution in [-0.2, 0) is 9.53 Å². The molecule has 8 heteroatoms. The maximum Gasteiger partial charge on any atom is 0.230 e. The number of thioether (sulfide) groups is 1. The molecule has 0 radical (unpaired) electrons. The Morgan fingerprint density at radius 3 is 3.14 bits per heavy atom. The van der Waals surface area contributed by atoms with Gasteiger partial charge >= 0.3 is 0 Å². The summed E-state index contributed by atoms with van der Waals surface area (Å²) in [5.74, 6) is 0.161. The molecule has 1 aromatic heterocycles. The Morgan fingerprint density at radius 2 is 2.48 bits per heavy atom. The molecule has 2 N–H and O–H groups in total. The predicted octanol–water partition coefficient (Wildman–Crippen LogP) is 0.361. The van der Waals surface area contributed by atoms with Crippen molar-refractivity contribution < 1.29 is 14.6 Å². The van der Waals surface area contributed by atoms with Crippen LogP contribution in [0.25, 0.3) is 0 Å². The molecule has 21 heavy (non-hydrogen) atoms. The predicted molar refractivity (Wildman–Crippen MR) is 77.0 cm³/mol. The first-order valence-corrected chi connectivity index (χ1v) is 8.20. The molecule has 2 atom stereocenters. The lowest BCUT2D eigenvalue weighted by atomic mass is 9.97. The lowest BCUT2D eigenvalue weighted by Crippen LogP contribution is -2.47. The van der Waals surface area contributed by atoms with Gasteiger partial charge in [0.2, 0.25) is 5.91 Å². The van der Waals surface area contributed by atoms with Crippen LogP contribution in [0, 0.1) is 0 Å². The first-order chi connectivity index (χ1) is 10.1. The number of nitrogens with one attached hydrogen (secondary N) is 1. The first-order valence-electron chi connectivity index (χ1n) is 7.21. The number of carbonyl (C=O) groups excluding carboxylic acids is 1. The summed E-state index contributed by atoms with van der Waals surface area (Å²) in [6, 6.07) is 0.503. The van der Waals surface area contributed by atoms with Crippen LogP contribution < -0.4 is 5.32 Å². The van der Waals surface area contributed by atoms with E-state index < -0.39 is 5.60 Å². The molecule has 2 aliphatic rings. The van der Waals surface area contributed by atoms with Crippen molar-refractivity contribution in [1.82, 2.24) is 20.1 Å². The van der Waals surface area contributed by atoms with Crippen molar-refractivity contribution in [3.8, 4) is 0 Å². The van der Waals surface area contributed by atoms with E-state index in [2.05, 4.69) is 15.5 Å². The van der Waals surface area contributed by atoms with Gasteiger partial charge in [0.1, 0.15) is 11.9 Å². The normalized spacial score (nSPS) is 28.8. The fourth-order valence-electron chi connectivity index (χ4n) is 2.37. The van der Waals surface area contributed by atoms with Crippen LogP contribution in [0.3, 0.4) is 0 Å². The summed E-state index contributed by atoms with van der Waals surface area (Å²) >= 11 is 1.38. The molecular formula is C13H20N4O3S. The van der Waals surface area contributed by atoms with Crippen molar-refractivity contribution in [2.24, 2.45) is 0 Å². The van der Waals surface area contributed by atoms with E-state index in [1.54, 1.807) is 6.33 Å².